The Hall–Kier alpha value is -1.08. The molecular weight excluding hydrogens is 291 g/mol. The molecule has 1 aliphatic rings. The van der Waals surface area contributed by atoms with Gasteiger partial charge in [-0.15, -0.1) is 0 Å². The molecule has 1 aromatic rings. The molecule has 0 radical (unpaired) electrons. The quantitative estimate of drug-likeness (QED) is 0.869. The second-order valence-corrected chi connectivity index (χ2v) is 7.46. The van der Waals surface area contributed by atoms with Crippen molar-refractivity contribution in [2.75, 3.05) is 12.3 Å². The summed E-state index contributed by atoms with van der Waals surface area (Å²) in [6.07, 6.45) is 1.23. The van der Waals surface area contributed by atoms with E-state index in [9.17, 15) is 21.6 Å². The monoisotopic (exact) mass is 307 g/mol. The molecule has 0 aromatic heterocycles. The molecule has 1 fully saturated rings. The van der Waals surface area contributed by atoms with Gasteiger partial charge in [0.15, 0.2) is 27.3 Å². The number of rotatable bonds is 4. The van der Waals surface area contributed by atoms with Crippen LogP contribution in [0.25, 0.3) is 0 Å². The third-order valence-electron chi connectivity index (χ3n) is 3.62. The third-order valence-corrected chi connectivity index (χ3v) is 5.90. The van der Waals surface area contributed by atoms with Crippen molar-refractivity contribution in [3.05, 3.63) is 35.1 Å². The average Bonchev–Trinajstić information content (AvgIpc) is 2.71. The highest BCUT2D eigenvalue weighted by atomic mass is 32.2. The molecule has 1 saturated heterocycles. The summed E-state index contributed by atoms with van der Waals surface area (Å²) < 4.78 is 62.4. The highest BCUT2D eigenvalue weighted by Gasteiger charge is 2.31. The van der Waals surface area contributed by atoms with Crippen LogP contribution in [0.4, 0.5) is 13.2 Å². The predicted molar refractivity (Wildman–Crippen MR) is 69.5 cm³/mol. The summed E-state index contributed by atoms with van der Waals surface area (Å²) in [6.45, 7) is 1.87. The number of sulfone groups is 1. The van der Waals surface area contributed by atoms with Crippen LogP contribution in [0.3, 0.4) is 0 Å². The zero-order chi connectivity index (χ0) is 14.9. The standard InChI is InChI=1S/C13H16F3NO2S/c1-8(9-5-11(14)13(16)12(15)6-9)17-7-10-3-2-4-20(10,18)19/h5-6,8,10,17H,2-4,7H2,1H3. The Kier molecular flexibility index (Phi) is 4.39. The van der Waals surface area contributed by atoms with Crippen molar-refractivity contribution in [1.82, 2.24) is 5.32 Å². The summed E-state index contributed by atoms with van der Waals surface area (Å²) in [5, 5.41) is 2.48. The lowest BCUT2D eigenvalue weighted by Crippen LogP contribution is -2.32. The first kappa shape index (κ1) is 15.3. The molecule has 2 atom stereocenters. The summed E-state index contributed by atoms with van der Waals surface area (Å²) in [6, 6.07) is 1.37. The van der Waals surface area contributed by atoms with Gasteiger partial charge in [0.2, 0.25) is 0 Å². The van der Waals surface area contributed by atoms with Gasteiger partial charge in [0.25, 0.3) is 0 Å². The second kappa shape index (κ2) is 5.73. The Labute approximate surface area is 116 Å². The molecule has 1 aromatic carbocycles. The van der Waals surface area contributed by atoms with Crippen molar-refractivity contribution in [3.63, 3.8) is 0 Å². The van der Waals surface area contributed by atoms with E-state index in [0.717, 1.165) is 12.1 Å². The number of hydrogen-bond acceptors (Lipinski definition) is 3. The summed E-state index contributed by atoms with van der Waals surface area (Å²) in [7, 11) is -3.06. The van der Waals surface area contributed by atoms with Gasteiger partial charge < -0.3 is 5.32 Å². The molecule has 112 valence electrons. The van der Waals surface area contributed by atoms with E-state index in [2.05, 4.69) is 5.32 Å². The maximum Gasteiger partial charge on any atom is 0.194 e. The average molecular weight is 307 g/mol. The Bertz CT molecular complexity index is 581. The molecular formula is C13H16F3NO2S. The van der Waals surface area contributed by atoms with Crippen LogP contribution in [0.1, 0.15) is 31.4 Å². The van der Waals surface area contributed by atoms with E-state index in [1.165, 1.54) is 0 Å². The first-order chi connectivity index (χ1) is 9.31. The van der Waals surface area contributed by atoms with Gasteiger partial charge in [0, 0.05) is 12.6 Å². The SMILES string of the molecule is CC(NCC1CCCS1(=O)=O)c1cc(F)c(F)c(F)c1. The minimum Gasteiger partial charge on any atom is -0.309 e. The van der Waals surface area contributed by atoms with Gasteiger partial charge >= 0.3 is 0 Å². The second-order valence-electron chi connectivity index (χ2n) is 5.06. The predicted octanol–water partition coefficient (Wildman–Crippen LogP) is 2.33. The molecule has 1 N–H and O–H groups in total. The fourth-order valence-electron chi connectivity index (χ4n) is 2.34. The van der Waals surface area contributed by atoms with E-state index in [1.54, 1.807) is 6.92 Å². The van der Waals surface area contributed by atoms with Crippen LogP contribution in [-0.2, 0) is 9.84 Å². The maximum absolute atomic E-state index is 13.1. The van der Waals surface area contributed by atoms with Gasteiger partial charge in [-0.1, -0.05) is 0 Å². The van der Waals surface area contributed by atoms with E-state index < -0.39 is 38.6 Å². The third kappa shape index (κ3) is 3.15. The van der Waals surface area contributed by atoms with E-state index >= 15 is 0 Å². The Balaban J connectivity index is 2.04. The Morgan fingerprint density at radius 3 is 2.40 bits per heavy atom. The van der Waals surface area contributed by atoms with Gasteiger partial charge in [-0.2, -0.15) is 0 Å². The largest absolute Gasteiger partial charge is 0.309 e. The van der Waals surface area contributed by atoms with Crippen LogP contribution >= 0.6 is 0 Å². The first-order valence-electron chi connectivity index (χ1n) is 6.40. The van der Waals surface area contributed by atoms with Crippen molar-refractivity contribution in [2.24, 2.45) is 0 Å². The lowest BCUT2D eigenvalue weighted by atomic mass is 10.1. The molecule has 7 heteroatoms. The normalized spacial score (nSPS) is 22.9. The minimum atomic E-state index is -3.06. The molecule has 0 saturated carbocycles. The van der Waals surface area contributed by atoms with E-state index in [0.29, 0.717) is 12.8 Å². The lowest BCUT2D eigenvalue weighted by molar-refractivity contribution is 0.440. The maximum atomic E-state index is 13.1. The van der Waals surface area contributed by atoms with Gasteiger partial charge in [0.1, 0.15) is 0 Å². The molecule has 3 nitrogen and oxygen atoms in total. The summed E-state index contributed by atoms with van der Waals surface area (Å²) in [5.41, 5.74) is 0.247. The molecule has 1 aliphatic heterocycles. The van der Waals surface area contributed by atoms with Crippen molar-refractivity contribution < 1.29 is 21.6 Å². The van der Waals surface area contributed by atoms with Crippen molar-refractivity contribution in [2.45, 2.75) is 31.1 Å². The van der Waals surface area contributed by atoms with Gasteiger partial charge in [-0.25, -0.2) is 21.6 Å². The number of hydrogen-bond donors (Lipinski definition) is 1. The molecule has 20 heavy (non-hydrogen) atoms. The van der Waals surface area contributed by atoms with Crippen LogP contribution in [0, 0.1) is 17.5 Å². The zero-order valence-electron chi connectivity index (χ0n) is 11.0. The molecule has 0 amide bonds. The Morgan fingerprint density at radius 2 is 1.90 bits per heavy atom. The molecule has 0 bridgehead atoms. The van der Waals surface area contributed by atoms with E-state index in [1.807, 2.05) is 0 Å². The van der Waals surface area contributed by atoms with Crippen LogP contribution in [0.15, 0.2) is 12.1 Å². The number of halogens is 3. The fourth-order valence-corrected chi connectivity index (χ4v) is 4.12. The summed E-state index contributed by atoms with van der Waals surface area (Å²) in [5.74, 6) is -3.81. The van der Waals surface area contributed by atoms with Crippen LogP contribution in [-0.4, -0.2) is 26.0 Å². The summed E-state index contributed by atoms with van der Waals surface area (Å²) >= 11 is 0. The summed E-state index contributed by atoms with van der Waals surface area (Å²) in [4.78, 5) is 0. The van der Waals surface area contributed by atoms with Gasteiger partial charge in [-0.3, -0.25) is 0 Å². The first-order valence-corrected chi connectivity index (χ1v) is 8.12. The highest BCUT2D eigenvalue weighted by molar-refractivity contribution is 7.92. The molecule has 2 rings (SSSR count). The van der Waals surface area contributed by atoms with Gasteiger partial charge in [0.05, 0.1) is 11.0 Å². The zero-order valence-corrected chi connectivity index (χ0v) is 11.8. The van der Waals surface area contributed by atoms with Crippen LogP contribution in [0.5, 0.6) is 0 Å². The number of nitrogens with one attached hydrogen (secondary N) is 1. The molecule has 0 spiro atoms. The van der Waals surface area contributed by atoms with Crippen LogP contribution < -0.4 is 5.32 Å². The molecule has 2 unspecified atom stereocenters. The smallest absolute Gasteiger partial charge is 0.194 e. The van der Waals surface area contributed by atoms with Crippen molar-refractivity contribution in [3.8, 4) is 0 Å². The van der Waals surface area contributed by atoms with E-state index in [4.69, 9.17) is 0 Å². The van der Waals surface area contributed by atoms with E-state index in [-0.39, 0.29) is 17.9 Å². The highest BCUT2D eigenvalue weighted by Crippen LogP contribution is 2.22. The van der Waals surface area contributed by atoms with Crippen molar-refractivity contribution >= 4 is 9.84 Å². The lowest BCUT2D eigenvalue weighted by Gasteiger charge is -2.17. The molecule has 0 aliphatic carbocycles. The van der Waals surface area contributed by atoms with Crippen molar-refractivity contribution in [1.29, 1.82) is 0 Å². The van der Waals surface area contributed by atoms with Crippen LogP contribution in [0.2, 0.25) is 0 Å². The minimum absolute atomic E-state index is 0.188. The van der Waals surface area contributed by atoms with Gasteiger partial charge in [-0.05, 0) is 37.5 Å². The topological polar surface area (TPSA) is 46.2 Å². The number of benzene rings is 1. The fraction of sp³-hybridized carbons (Fsp3) is 0.538. The molecule has 1 heterocycles. The Morgan fingerprint density at radius 1 is 1.30 bits per heavy atom.